The maximum absolute atomic E-state index is 11.7. The van der Waals surface area contributed by atoms with Crippen LogP contribution in [0.3, 0.4) is 0 Å². The van der Waals surface area contributed by atoms with Gasteiger partial charge in [0.2, 0.25) is 0 Å². The third-order valence-corrected chi connectivity index (χ3v) is 4.81. The first-order valence-electron chi connectivity index (χ1n) is 10.2. The fourth-order valence-electron chi connectivity index (χ4n) is 3.14. The number of nitrogens with zero attached hydrogens (tertiary/aromatic N) is 3. The fraction of sp³-hybridized carbons (Fsp3) is 0.120. The first-order valence-corrected chi connectivity index (χ1v) is 10.2. The van der Waals surface area contributed by atoms with Crippen LogP contribution in [0.1, 0.15) is 5.56 Å². The van der Waals surface area contributed by atoms with Crippen molar-refractivity contribution in [2.45, 2.75) is 6.61 Å². The Bertz CT molecular complexity index is 1420. The van der Waals surface area contributed by atoms with E-state index in [1.54, 1.807) is 32.5 Å². The molecule has 5 aromatic rings. The smallest absolute Gasteiger partial charge is 0.316 e. The van der Waals surface area contributed by atoms with Crippen molar-refractivity contribution in [1.29, 1.82) is 0 Å². The SMILES string of the molecule is COc1cc2c(=O)[nH]cnc2cc1OCc1ccccc1.COc1ncc2ccccc2n1. The minimum Gasteiger partial charge on any atom is -0.493 e. The summed E-state index contributed by atoms with van der Waals surface area (Å²) in [7, 11) is 3.10. The molecule has 0 aliphatic heterocycles. The molecule has 0 aliphatic carbocycles. The van der Waals surface area contributed by atoms with Gasteiger partial charge in [-0.3, -0.25) is 4.79 Å². The van der Waals surface area contributed by atoms with E-state index in [1.807, 2.05) is 54.6 Å². The summed E-state index contributed by atoms with van der Waals surface area (Å²) >= 11 is 0. The van der Waals surface area contributed by atoms with Crippen molar-refractivity contribution < 1.29 is 14.2 Å². The minimum absolute atomic E-state index is 0.201. The van der Waals surface area contributed by atoms with E-state index in [-0.39, 0.29) is 5.56 Å². The number of hydrogen-bond donors (Lipinski definition) is 1. The molecule has 0 unspecified atom stereocenters. The van der Waals surface area contributed by atoms with E-state index in [1.165, 1.54) is 6.33 Å². The zero-order valence-electron chi connectivity index (χ0n) is 18.2. The van der Waals surface area contributed by atoms with E-state index in [0.717, 1.165) is 16.5 Å². The summed E-state index contributed by atoms with van der Waals surface area (Å²) in [6.45, 7) is 0.423. The molecule has 0 amide bonds. The minimum atomic E-state index is -0.201. The Kier molecular flexibility index (Phi) is 6.75. The van der Waals surface area contributed by atoms with Crippen molar-refractivity contribution in [3.05, 3.63) is 95.2 Å². The molecule has 0 fully saturated rings. The van der Waals surface area contributed by atoms with Gasteiger partial charge in [0.25, 0.3) is 5.56 Å². The van der Waals surface area contributed by atoms with Gasteiger partial charge in [0.05, 0.1) is 37.0 Å². The van der Waals surface area contributed by atoms with Crippen molar-refractivity contribution >= 4 is 21.8 Å². The van der Waals surface area contributed by atoms with Crippen LogP contribution in [0.5, 0.6) is 17.5 Å². The zero-order valence-corrected chi connectivity index (χ0v) is 18.2. The highest BCUT2D eigenvalue weighted by atomic mass is 16.5. The average molecular weight is 442 g/mol. The molecule has 8 nitrogen and oxygen atoms in total. The van der Waals surface area contributed by atoms with Gasteiger partial charge in [-0.15, -0.1) is 0 Å². The summed E-state index contributed by atoms with van der Waals surface area (Å²) in [6, 6.07) is 21.4. The number of aromatic nitrogens is 4. The third-order valence-electron chi connectivity index (χ3n) is 4.81. The Morgan fingerprint density at radius 2 is 1.64 bits per heavy atom. The molecule has 0 aliphatic rings. The third kappa shape index (κ3) is 5.24. The molecule has 0 spiro atoms. The number of aromatic amines is 1. The lowest BCUT2D eigenvalue weighted by molar-refractivity contribution is 0.285. The summed E-state index contributed by atoms with van der Waals surface area (Å²) in [4.78, 5) is 26.6. The Labute approximate surface area is 189 Å². The fourth-order valence-corrected chi connectivity index (χ4v) is 3.14. The number of benzene rings is 3. The van der Waals surface area contributed by atoms with Gasteiger partial charge in [-0.1, -0.05) is 48.5 Å². The lowest BCUT2D eigenvalue weighted by Crippen LogP contribution is -2.07. The number of hydrogen-bond acceptors (Lipinski definition) is 7. The normalized spacial score (nSPS) is 10.4. The van der Waals surface area contributed by atoms with Gasteiger partial charge >= 0.3 is 6.01 Å². The van der Waals surface area contributed by atoms with Gasteiger partial charge in [0.15, 0.2) is 11.5 Å². The Balaban J connectivity index is 0.000000183. The topological polar surface area (TPSA) is 99.2 Å². The van der Waals surface area contributed by atoms with Crippen molar-refractivity contribution in [1.82, 2.24) is 19.9 Å². The van der Waals surface area contributed by atoms with Crippen LogP contribution >= 0.6 is 0 Å². The van der Waals surface area contributed by atoms with E-state index >= 15 is 0 Å². The van der Waals surface area contributed by atoms with Crippen LogP contribution in [-0.2, 0) is 6.61 Å². The van der Waals surface area contributed by atoms with E-state index in [2.05, 4.69) is 19.9 Å². The monoisotopic (exact) mass is 442 g/mol. The number of rotatable bonds is 5. The summed E-state index contributed by atoms with van der Waals surface area (Å²) in [5.41, 5.74) is 2.33. The van der Waals surface area contributed by atoms with Crippen LogP contribution in [0.2, 0.25) is 0 Å². The molecule has 0 saturated carbocycles. The number of H-pyrrole nitrogens is 1. The Hall–Kier alpha value is -4.46. The van der Waals surface area contributed by atoms with Crippen molar-refractivity contribution in [2.24, 2.45) is 0 Å². The van der Waals surface area contributed by atoms with E-state index in [9.17, 15) is 4.79 Å². The zero-order chi connectivity index (χ0) is 23.0. The van der Waals surface area contributed by atoms with Gasteiger partial charge in [0.1, 0.15) is 6.61 Å². The quantitative estimate of drug-likeness (QED) is 0.436. The molecular weight excluding hydrogens is 420 g/mol. The molecule has 5 rings (SSSR count). The lowest BCUT2D eigenvalue weighted by Gasteiger charge is -2.11. The Morgan fingerprint density at radius 3 is 2.42 bits per heavy atom. The molecule has 2 aromatic heterocycles. The molecule has 0 saturated heterocycles. The van der Waals surface area contributed by atoms with E-state index in [0.29, 0.717) is 35.0 Å². The molecule has 3 aromatic carbocycles. The van der Waals surface area contributed by atoms with Crippen molar-refractivity contribution in [3.8, 4) is 17.5 Å². The molecule has 0 radical (unpaired) electrons. The van der Waals surface area contributed by atoms with E-state index in [4.69, 9.17) is 14.2 Å². The average Bonchev–Trinajstić information content (AvgIpc) is 2.88. The van der Waals surface area contributed by atoms with Crippen LogP contribution in [0.15, 0.2) is 84.0 Å². The number of ether oxygens (including phenoxy) is 3. The van der Waals surface area contributed by atoms with Crippen molar-refractivity contribution in [3.63, 3.8) is 0 Å². The molecule has 0 atom stereocenters. The number of fused-ring (bicyclic) bond motifs is 2. The van der Waals surface area contributed by atoms with E-state index < -0.39 is 0 Å². The molecular formula is C25H22N4O4. The second kappa shape index (κ2) is 10.2. The number of para-hydroxylation sites is 1. The summed E-state index contributed by atoms with van der Waals surface area (Å²) in [6.07, 6.45) is 3.12. The predicted octanol–water partition coefficient (Wildman–Crippen LogP) is 4.15. The summed E-state index contributed by atoms with van der Waals surface area (Å²) < 4.78 is 16.0. The second-order valence-electron chi connectivity index (χ2n) is 6.94. The van der Waals surface area contributed by atoms with Crippen LogP contribution in [0, 0.1) is 0 Å². The van der Waals surface area contributed by atoms with Gasteiger partial charge in [0, 0.05) is 17.6 Å². The van der Waals surface area contributed by atoms with Crippen LogP contribution in [-0.4, -0.2) is 34.2 Å². The molecule has 0 bridgehead atoms. The highest BCUT2D eigenvalue weighted by Crippen LogP contribution is 2.30. The highest BCUT2D eigenvalue weighted by molar-refractivity contribution is 5.81. The summed E-state index contributed by atoms with van der Waals surface area (Å²) in [5, 5.41) is 1.50. The first-order chi connectivity index (χ1) is 16.2. The van der Waals surface area contributed by atoms with Crippen LogP contribution < -0.4 is 19.8 Å². The van der Waals surface area contributed by atoms with Crippen LogP contribution in [0.25, 0.3) is 21.8 Å². The molecule has 1 N–H and O–H groups in total. The maximum atomic E-state index is 11.7. The molecule has 2 heterocycles. The highest BCUT2D eigenvalue weighted by Gasteiger charge is 2.10. The van der Waals surface area contributed by atoms with Gasteiger partial charge in [-0.2, -0.15) is 4.98 Å². The molecule has 33 heavy (non-hydrogen) atoms. The molecule has 166 valence electrons. The second-order valence-corrected chi connectivity index (χ2v) is 6.94. The standard InChI is InChI=1S/C16H14N2O3.C9H8N2O/c1-20-14-7-12-13(17-10-18-16(12)19)8-15(14)21-9-11-5-3-2-4-6-11;1-12-9-10-6-7-4-2-3-5-8(7)11-9/h2-8,10H,9H2,1H3,(H,17,18,19);2-6H,1H3. The summed E-state index contributed by atoms with van der Waals surface area (Å²) in [5.74, 6) is 1.07. The van der Waals surface area contributed by atoms with Gasteiger partial charge in [-0.25, -0.2) is 9.97 Å². The van der Waals surface area contributed by atoms with Gasteiger partial charge < -0.3 is 19.2 Å². The van der Waals surface area contributed by atoms with Crippen LogP contribution in [0.4, 0.5) is 0 Å². The lowest BCUT2D eigenvalue weighted by atomic mass is 10.2. The maximum Gasteiger partial charge on any atom is 0.316 e. The molecule has 8 heteroatoms. The first kappa shape index (κ1) is 21.8. The number of nitrogens with one attached hydrogen (secondary N) is 1. The predicted molar refractivity (Wildman–Crippen MR) is 126 cm³/mol. The number of methoxy groups -OCH3 is 2. The largest absolute Gasteiger partial charge is 0.493 e. The van der Waals surface area contributed by atoms with Crippen molar-refractivity contribution in [2.75, 3.05) is 14.2 Å². The Morgan fingerprint density at radius 1 is 0.848 bits per heavy atom. The van der Waals surface area contributed by atoms with Gasteiger partial charge in [-0.05, 0) is 17.7 Å².